The van der Waals surface area contributed by atoms with Crippen LogP contribution in [0.1, 0.15) is 47.2 Å². The minimum Gasteiger partial charge on any atom is -0.497 e. The second-order valence-corrected chi connectivity index (χ2v) is 10.6. The number of benzene rings is 3. The summed E-state index contributed by atoms with van der Waals surface area (Å²) in [7, 11) is 1.61. The lowest BCUT2D eigenvalue weighted by Gasteiger charge is -2.36. The zero-order valence-electron chi connectivity index (χ0n) is 21.2. The van der Waals surface area contributed by atoms with Crippen LogP contribution >= 0.6 is 23.2 Å². The van der Waals surface area contributed by atoms with Crippen molar-refractivity contribution >= 4 is 46.4 Å². The number of nitrogens with zero attached hydrogens (tertiary/aromatic N) is 3. The molecule has 1 unspecified atom stereocenters. The molecule has 38 heavy (non-hydrogen) atoms. The molecule has 2 amide bonds. The number of imidazole rings is 1. The average molecular weight is 547 g/mol. The van der Waals surface area contributed by atoms with Gasteiger partial charge in [-0.3, -0.25) is 14.5 Å². The number of hydrogen-bond acceptors (Lipinski definition) is 4. The predicted molar refractivity (Wildman–Crippen MR) is 148 cm³/mol. The van der Waals surface area contributed by atoms with E-state index < -0.39 is 5.54 Å². The maximum atomic E-state index is 14.3. The Morgan fingerprint density at radius 3 is 2.34 bits per heavy atom. The maximum absolute atomic E-state index is 14.3. The van der Waals surface area contributed by atoms with E-state index in [4.69, 9.17) is 32.9 Å². The van der Waals surface area contributed by atoms with E-state index in [-0.39, 0.29) is 23.6 Å². The number of fused-ring (bicyclic) bond motifs is 4. The van der Waals surface area contributed by atoms with Crippen molar-refractivity contribution in [2.75, 3.05) is 17.3 Å². The summed E-state index contributed by atoms with van der Waals surface area (Å²) in [6.45, 7) is 5.91. The fourth-order valence-corrected chi connectivity index (χ4v) is 5.92. The molecule has 0 saturated carbocycles. The second-order valence-electron chi connectivity index (χ2n) is 9.75. The number of hydrogen-bond donors (Lipinski definition) is 1. The highest BCUT2D eigenvalue weighted by Gasteiger charge is 2.64. The molecule has 2 aliphatic heterocycles. The third-order valence-corrected chi connectivity index (χ3v) is 7.69. The van der Waals surface area contributed by atoms with Crippen LogP contribution in [0.2, 0.25) is 10.0 Å². The van der Waals surface area contributed by atoms with E-state index in [9.17, 15) is 9.59 Å². The van der Waals surface area contributed by atoms with Crippen LogP contribution in [0.5, 0.6) is 5.75 Å². The maximum Gasteiger partial charge on any atom is 0.280 e. The van der Waals surface area contributed by atoms with Crippen LogP contribution in [0.15, 0.2) is 60.7 Å². The Balaban J connectivity index is 1.71. The number of amides is 2. The minimum absolute atomic E-state index is 0.127. The van der Waals surface area contributed by atoms with Gasteiger partial charge in [0, 0.05) is 32.9 Å². The van der Waals surface area contributed by atoms with Crippen molar-refractivity contribution in [3.63, 3.8) is 0 Å². The van der Waals surface area contributed by atoms with Crippen LogP contribution in [-0.2, 0) is 10.3 Å². The first-order chi connectivity index (χ1) is 18.2. The fourth-order valence-electron chi connectivity index (χ4n) is 5.58. The van der Waals surface area contributed by atoms with E-state index >= 15 is 0 Å². The fraction of sp³-hybridized carbons (Fsp3) is 0.207. The van der Waals surface area contributed by atoms with Crippen LogP contribution < -0.4 is 15.0 Å². The predicted octanol–water partition coefficient (Wildman–Crippen LogP) is 6.61. The van der Waals surface area contributed by atoms with Crippen molar-refractivity contribution in [2.24, 2.45) is 0 Å². The number of aryl methyl sites for hydroxylation is 1. The van der Waals surface area contributed by atoms with Gasteiger partial charge < -0.3 is 14.6 Å². The SMILES string of the molecule is COc1ccc(-c2nc3c(n2C(C)C)C2(C(=O)Nc4cc(Cl)ccc42)N(c2cc(Cl)ccc2C)C3=O)cc1. The van der Waals surface area contributed by atoms with Crippen LogP contribution in [0, 0.1) is 6.92 Å². The summed E-state index contributed by atoms with van der Waals surface area (Å²) >= 11 is 12.7. The number of ether oxygens (including phenoxy) is 1. The Bertz CT molecular complexity index is 1640. The van der Waals surface area contributed by atoms with Gasteiger partial charge in [0.05, 0.1) is 18.5 Å². The van der Waals surface area contributed by atoms with Gasteiger partial charge in [0.1, 0.15) is 11.6 Å². The molecule has 1 aromatic heterocycles. The van der Waals surface area contributed by atoms with E-state index in [0.29, 0.717) is 44.3 Å². The Morgan fingerprint density at radius 1 is 0.974 bits per heavy atom. The van der Waals surface area contributed by atoms with Crippen molar-refractivity contribution in [3.05, 3.63) is 93.2 Å². The lowest BCUT2D eigenvalue weighted by molar-refractivity contribution is -0.119. The topological polar surface area (TPSA) is 76.5 Å². The lowest BCUT2D eigenvalue weighted by atomic mass is 9.86. The number of anilines is 2. The average Bonchev–Trinajstić information content (AvgIpc) is 3.49. The molecule has 0 aliphatic carbocycles. The van der Waals surface area contributed by atoms with Crippen molar-refractivity contribution in [1.29, 1.82) is 0 Å². The molecule has 192 valence electrons. The Hall–Kier alpha value is -3.81. The van der Waals surface area contributed by atoms with Gasteiger partial charge in [0.2, 0.25) is 0 Å². The minimum atomic E-state index is -1.51. The van der Waals surface area contributed by atoms with Gasteiger partial charge in [-0.2, -0.15) is 0 Å². The molecule has 3 heterocycles. The van der Waals surface area contributed by atoms with E-state index in [1.807, 2.05) is 55.7 Å². The number of carbonyl (C=O) groups is 2. The van der Waals surface area contributed by atoms with Crippen molar-refractivity contribution in [3.8, 4) is 17.1 Å². The molecule has 1 spiro atoms. The van der Waals surface area contributed by atoms with Crippen LogP contribution in [0.4, 0.5) is 11.4 Å². The number of rotatable bonds is 4. The van der Waals surface area contributed by atoms with Gasteiger partial charge in [-0.1, -0.05) is 35.3 Å². The van der Waals surface area contributed by atoms with Crippen LogP contribution in [0.3, 0.4) is 0 Å². The molecule has 3 aromatic carbocycles. The Labute approximate surface area is 230 Å². The van der Waals surface area contributed by atoms with Crippen molar-refractivity contribution < 1.29 is 14.3 Å². The lowest BCUT2D eigenvalue weighted by Crippen LogP contribution is -2.51. The van der Waals surface area contributed by atoms with Crippen LogP contribution in [-0.4, -0.2) is 28.5 Å². The third kappa shape index (κ3) is 3.25. The standard InChI is InChI=1S/C29H24Cl2N4O3/c1-15(2)34-25-24(33-26(34)17-6-10-20(38-4)11-7-17)27(36)35(23-14-19(31)8-5-16(23)3)29(25)21-12-9-18(30)13-22(21)32-28(29)37/h5-15H,1-4H3,(H,32,37). The van der Waals surface area contributed by atoms with Crippen LogP contribution in [0.25, 0.3) is 11.4 Å². The zero-order chi connectivity index (χ0) is 26.9. The number of carbonyl (C=O) groups excluding carboxylic acids is 2. The first kappa shape index (κ1) is 24.5. The van der Waals surface area contributed by atoms with E-state index in [1.165, 1.54) is 4.90 Å². The molecular formula is C29H24Cl2N4O3. The van der Waals surface area contributed by atoms with Gasteiger partial charge in [-0.15, -0.1) is 0 Å². The first-order valence-corrected chi connectivity index (χ1v) is 12.9. The summed E-state index contributed by atoms with van der Waals surface area (Å²) in [4.78, 5) is 35.0. The normalized spacial score (nSPS) is 17.8. The summed E-state index contributed by atoms with van der Waals surface area (Å²) in [6, 6.07) is 17.9. The second kappa shape index (κ2) is 8.61. The highest BCUT2D eigenvalue weighted by molar-refractivity contribution is 6.32. The molecule has 0 bridgehead atoms. The molecule has 1 atom stereocenters. The van der Waals surface area contributed by atoms with Crippen molar-refractivity contribution in [2.45, 2.75) is 32.4 Å². The number of aromatic nitrogens is 2. The third-order valence-electron chi connectivity index (χ3n) is 7.22. The molecular weight excluding hydrogens is 523 g/mol. The number of methoxy groups -OCH3 is 1. The number of nitrogens with one attached hydrogen (secondary N) is 1. The van der Waals surface area contributed by atoms with E-state index in [2.05, 4.69) is 5.32 Å². The van der Waals surface area contributed by atoms with Crippen molar-refractivity contribution in [1.82, 2.24) is 9.55 Å². The summed E-state index contributed by atoms with van der Waals surface area (Å²) in [6.07, 6.45) is 0. The molecule has 0 fully saturated rings. The van der Waals surface area contributed by atoms with E-state index in [0.717, 1.165) is 11.1 Å². The molecule has 0 saturated heterocycles. The van der Waals surface area contributed by atoms with Gasteiger partial charge in [-0.05, 0) is 74.9 Å². The summed E-state index contributed by atoms with van der Waals surface area (Å²) in [5.41, 5.74) is 2.55. The highest BCUT2D eigenvalue weighted by Crippen LogP contribution is 2.55. The molecule has 1 N–H and O–H groups in total. The molecule has 9 heteroatoms. The first-order valence-electron chi connectivity index (χ1n) is 12.2. The highest BCUT2D eigenvalue weighted by atomic mass is 35.5. The molecule has 6 rings (SSSR count). The Kier molecular flexibility index (Phi) is 5.56. The molecule has 7 nitrogen and oxygen atoms in total. The summed E-state index contributed by atoms with van der Waals surface area (Å²) in [5, 5.41) is 3.92. The van der Waals surface area contributed by atoms with E-state index in [1.54, 1.807) is 37.4 Å². The smallest absolute Gasteiger partial charge is 0.280 e. The van der Waals surface area contributed by atoms with Gasteiger partial charge in [-0.25, -0.2) is 4.98 Å². The van der Waals surface area contributed by atoms with Gasteiger partial charge in [0.25, 0.3) is 11.8 Å². The monoisotopic (exact) mass is 546 g/mol. The molecule has 0 radical (unpaired) electrons. The summed E-state index contributed by atoms with van der Waals surface area (Å²) < 4.78 is 7.31. The number of halogens is 2. The largest absolute Gasteiger partial charge is 0.497 e. The summed E-state index contributed by atoms with van der Waals surface area (Å²) in [5.74, 6) is 0.569. The zero-order valence-corrected chi connectivity index (χ0v) is 22.7. The van der Waals surface area contributed by atoms with Gasteiger partial charge in [0.15, 0.2) is 11.2 Å². The molecule has 2 aliphatic rings. The Morgan fingerprint density at radius 2 is 1.66 bits per heavy atom. The quantitative estimate of drug-likeness (QED) is 0.312. The molecule has 4 aromatic rings. The van der Waals surface area contributed by atoms with Gasteiger partial charge >= 0.3 is 0 Å².